The van der Waals surface area contributed by atoms with E-state index < -0.39 is 18.2 Å². The first kappa shape index (κ1) is 15.1. The van der Waals surface area contributed by atoms with Crippen LogP contribution in [0.1, 0.15) is 24.8 Å². The summed E-state index contributed by atoms with van der Waals surface area (Å²) in [6.45, 7) is -0.915. The van der Waals surface area contributed by atoms with E-state index in [-0.39, 0.29) is 0 Å². The van der Waals surface area contributed by atoms with E-state index in [4.69, 9.17) is 4.74 Å². The molecule has 1 heterocycles. The van der Waals surface area contributed by atoms with E-state index in [1.807, 2.05) is 0 Å². The predicted octanol–water partition coefficient (Wildman–Crippen LogP) is 3.09. The van der Waals surface area contributed by atoms with Gasteiger partial charge in [-0.1, -0.05) is 6.07 Å². The van der Waals surface area contributed by atoms with Crippen molar-refractivity contribution in [2.24, 2.45) is 0 Å². The van der Waals surface area contributed by atoms with Gasteiger partial charge >= 0.3 is 6.61 Å². The molecule has 2 rings (SSSR count). The highest BCUT2D eigenvalue weighted by molar-refractivity contribution is 5.29. The van der Waals surface area contributed by atoms with Gasteiger partial charge in [-0.05, 0) is 43.5 Å². The monoisotopic (exact) mass is 289 g/mol. The molecule has 0 aliphatic carbocycles. The van der Waals surface area contributed by atoms with Crippen molar-refractivity contribution in [3.05, 3.63) is 29.6 Å². The Morgan fingerprint density at radius 2 is 2.25 bits per heavy atom. The smallest absolute Gasteiger partial charge is 0.387 e. The van der Waals surface area contributed by atoms with Gasteiger partial charge in [0.1, 0.15) is 0 Å². The van der Waals surface area contributed by atoms with Gasteiger partial charge in [-0.15, -0.1) is 0 Å². The fourth-order valence-electron chi connectivity index (χ4n) is 2.21. The lowest BCUT2D eigenvalue weighted by atomic mass is 10.1. The van der Waals surface area contributed by atoms with Gasteiger partial charge in [-0.3, -0.25) is 0 Å². The third-order valence-electron chi connectivity index (χ3n) is 3.21. The van der Waals surface area contributed by atoms with Gasteiger partial charge in [-0.25, -0.2) is 4.39 Å². The third kappa shape index (κ3) is 4.68. The Morgan fingerprint density at radius 1 is 1.40 bits per heavy atom. The van der Waals surface area contributed by atoms with Gasteiger partial charge in [0.15, 0.2) is 11.6 Å². The summed E-state index contributed by atoms with van der Waals surface area (Å²) in [4.78, 5) is 0. The summed E-state index contributed by atoms with van der Waals surface area (Å²) in [7, 11) is 0. The molecule has 0 spiro atoms. The molecule has 6 heteroatoms. The maximum absolute atomic E-state index is 13.5. The molecule has 1 aliphatic heterocycles. The van der Waals surface area contributed by atoms with Crippen molar-refractivity contribution in [3.63, 3.8) is 0 Å². The molecule has 1 N–H and O–H groups in total. The fourth-order valence-corrected chi connectivity index (χ4v) is 2.21. The Labute approximate surface area is 116 Å². The first-order valence-electron chi connectivity index (χ1n) is 6.70. The number of hydrogen-bond donors (Lipinski definition) is 1. The molecule has 0 saturated carbocycles. The molecule has 112 valence electrons. The Morgan fingerprint density at radius 3 is 2.90 bits per heavy atom. The molecule has 0 amide bonds. The third-order valence-corrected chi connectivity index (χ3v) is 3.21. The summed E-state index contributed by atoms with van der Waals surface area (Å²) in [6, 6.07) is 4.00. The molecule has 0 bridgehead atoms. The molecule has 1 atom stereocenters. The largest absolute Gasteiger partial charge is 0.432 e. The van der Waals surface area contributed by atoms with Crippen LogP contribution in [-0.4, -0.2) is 25.9 Å². The lowest BCUT2D eigenvalue weighted by molar-refractivity contribution is -0.0522. The van der Waals surface area contributed by atoms with E-state index in [9.17, 15) is 13.2 Å². The summed E-state index contributed by atoms with van der Waals surface area (Å²) in [5.74, 6) is -1.20. The number of alkyl halides is 2. The minimum atomic E-state index is -3.01. The van der Waals surface area contributed by atoms with E-state index in [1.165, 1.54) is 12.1 Å². The molecule has 3 nitrogen and oxygen atoms in total. The molecule has 0 radical (unpaired) electrons. The average molecular weight is 289 g/mol. The van der Waals surface area contributed by atoms with Crippen LogP contribution in [0.4, 0.5) is 13.2 Å². The van der Waals surface area contributed by atoms with Crippen LogP contribution in [0.5, 0.6) is 5.75 Å². The Hall–Kier alpha value is -1.27. The minimum Gasteiger partial charge on any atom is -0.432 e. The van der Waals surface area contributed by atoms with E-state index >= 15 is 0 Å². The van der Waals surface area contributed by atoms with Gasteiger partial charge in [0.05, 0.1) is 6.10 Å². The van der Waals surface area contributed by atoms with Gasteiger partial charge in [-0.2, -0.15) is 8.78 Å². The molecule has 1 aromatic carbocycles. The van der Waals surface area contributed by atoms with E-state index in [0.29, 0.717) is 18.2 Å². The molecule has 0 aromatic heterocycles. The lowest BCUT2D eigenvalue weighted by Gasteiger charge is -2.11. The van der Waals surface area contributed by atoms with Crippen LogP contribution in [0.3, 0.4) is 0 Å². The second-order valence-electron chi connectivity index (χ2n) is 4.74. The van der Waals surface area contributed by atoms with Crippen LogP contribution >= 0.6 is 0 Å². The van der Waals surface area contributed by atoms with Crippen LogP contribution in [-0.2, 0) is 11.3 Å². The normalized spacial score (nSPS) is 18.7. The van der Waals surface area contributed by atoms with Crippen molar-refractivity contribution >= 4 is 0 Å². The minimum absolute atomic E-state index is 0.320. The van der Waals surface area contributed by atoms with E-state index in [2.05, 4.69) is 10.1 Å². The highest BCUT2D eigenvalue weighted by atomic mass is 19.3. The van der Waals surface area contributed by atoms with Gasteiger partial charge in [0.25, 0.3) is 0 Å². The first-order chi connectivity index (χ1) is 9.65. The van der Waals surface area contributed by atoms with Crippen LogP contribution < -0.4 is 10.1 Å². The summed E-state index contributed by atoms with van der Waals surface area (Å²) in [6.07, 6.45) is 3.45. The maximum Gasteiger partial charge on any atom is 0.387 e. The van der Waals surface area contributed by atoms with Crippen molar-refractivity contribution < 1.29 is 22.6 Å². The lowest BCUT2D eigenvalue weighted by Crippen LogP contribution is -2.20. The number of rotatable bonds is 7. The Bertz CT molecular complexity index is 423. The van der Waals surface area contributed by atoms with Crippen molar-refractivity contribution in [1.82, 2.24) is 5.32 Å². The van der Waals surface area contributed by atoms with Crippen molar-refractivity contribution in [2.45, 2.75) is 38.5 Å². The average Bonchev–Trinajstić information content (AvgIpc) is 2.90. The van der Waals surface area contributed by atoms with Crippen molar-refractivity contribution in [1.29, 1.82) is 0 Å². The van der Waals surface area contributed by atoms with Crippen LogP contribution in [0.25, 0.3) is 0 Å². The molecule has 1 saturated heterocycles. The zero-order valence-corrected chi connectivity index (χ0v) is 11.1. The van der Waals surface area contributed by atoms with E-state index in [0.717, 1.165) is 32.4 Å². The zero-order chi connectivity index (χ0) is 14.4. The SMILES string of the molecule is Fc1cc(CNCC[C@H]2CCCO2)ccc1OC(F)F. The molecule has 20 heavy (non-hydrogen) atoms. The first-order valence-corrected chi connectivity index (χ1v) is 6.70. The molecular formula is C14H18F3NO2. The summed E-state index contributed by atoms with van der Waals surface area (Å²) in [5, 5.41) is 3.18. The quantitative estimate of drug-likeness (QED) is 0.782. The predicted molar refractivity (Wildman–Crippen MR) is 68.3 cm³/mol. The summed E-state index contributed by atoms with van der Waals surface area (Å²) in [5.41, 5.74) is 0.691. The summed E-state index contributed by atoms with van der Waals surface area (Å²) < 4.78 is 47.0. The highest BCUT2D eigenvalue weighted by Gasteiger charge is 2.14. The number of benzene rings is 1. The standard InChI is InChI=1S/C14H18F3NO2/c15-12-8-10(3-4-13(12)20-14(16)17)9-18-6-5-11-2-1-7-19-11/h3-4,8,11,14,18H,1-2,5-7,9H2/t11-/m1/s1. The summed E-state index contributed by atoms with van der Waals surface area (Å²) >= 11 is 0. The molecular weight excluding hydrogens is 271 g/mol. The van der Waals surface area contributed by atoms with Crippen molar-refractivity contribution in [3.8, 4) is 5.75 Å². The molecule has 1 aliphatic rings. The number of hydrogen-bond acceptors (Lipinski definition) is 3. The molecule has 1 fully saturated rings. The molecule has 0 unspecified atom stereocenters. The fraction of sp³-hybridized carbons (Fsp3) is 0.571. The number of ether oxygens (including phenoxy) is 2. The van der Waals surface area contributed by atoms with Crippen LogP contribution in [0, 0.1) is 5.82 Å². The second kappa shape index (κ2) is 7.50. The maximum atomic E-state index is 13.5. The van der Waals surface area contributed by atoms with Gasteiger partial charge < -0.3 is 14.8 Å². The van der Waals surface area contributed by atoms with Gasteiger partial charge in [0.2, 0.25) is 0 Å². The number of nitrogens with one attached hydrogen (secondary N) is 1. The Balaban J connectivity index is 1.73. The number of halogens is 3. The molecule has 1 aromatic rings. The topological polar surface area (TPSA) is 30.5 Å². The van der Waals surface area contributed by atoms with Crippen LogP contribution in [0.2, 0.25) is 0 Å². The Kier molecular flexibility index (Phi) is 5.67. The highest BCUT2D eigenvalue weighted by Crippen LogP contribution is 2.20. The zero-order valence-electron chi connectivity index (χ0n) is 11.1. The van der Waals surface area contributed by atoms with Crippen LogP contribution in [0.15, 0.2) is 18.2 Å². The second-order valence-corrected chi connectivity index (χ2v) is 4.74. The van der Waals surface area contributed by atoms with E-state index in [1.54, 1.807) is 6.07 Å². The van der Waals surface area contributed by atoms with Crippen molar-refractivity contribution in [2.75, 3.05) is 13.2 Å². The van der Waals surface area contributed by atoms with Gasteiger partial charge in [0, 0.05) is 13.2 Å².